The quantitative estimate of drug-likeness (QED) is 0.556. The maximum absolute atomic E-state index is 12.3. The molecular formula is C25H33N3O2S. The number of rotatable bonds is 5. The van der Waals surface area contributed by atoms with Gasteiger partial charge < -0.3 is 15.4 Å². The predicted molar refractivity (Wildman–Crippen MR) is 131 cm³/mol. The number of anilines is 1. The van der Waals surface area contributed by atoms with Crippen molar-refractivity contribution in [2.24, 2.45) is 5.73 Å². The summed E-state index contributed by atoms with van der Waals surface area (Å²) in [5, 5.41) is 0. The Morgan fingerprint density at radius 2 is 1.48 bits per heavy atom. The van der Waals surface area contributed by atoms with E-state index in [-0.39, 0.29) is 18.1 Å². The van der Waals surface area contributed by atoms with Crippen LogP contribution in [-0.4, -0.2) is 53.2 Å². The van der Waals surface area contributed by atoms with Crippen molar-refractivity contribution in [3.8, 4) is 11.1 Å². The summed E-state index contributed by atoms with van der Waals surface area (Å²) < 4.78 is 5.52. The third kappa shape index (κ3) is 6.05. The molecule has 1 aliphatic heterocycles. The first-order chi connectivity index (χ1) is 14.5. The summed E-state index contributed by atoms with van der Waals surface area (Å²) in [5.41, 5.74) is 9.59. The van der Waals surface area contributed by atoms with Crippen molar-refractivity contribution in [1.29, 1.82) is 0 Å². The molecule has 31 heavy (non-hydrogen) atoms. The minimum atomic E-state index is -0.455. The Morgan fingerprint density at radius 3 is 1.94 bits per heavy atom. The second kappa shape index (κ2) is 9.37. The molecule has 2 N–H and O–H groups in total. The smallest absolute Gasteiger partial charge is 0.320 e. The van der Waals surface area contributed by atoms with Crippen molar-refractivity contribution < 1.29 is 9.53 Å². The van der Waals surface area contributed by atoms with E-state index in [1.807, 2.05) is 45.0 Å². The van der Waals surface area contributed by atoms with Gasteiger partial charge in [0.1, 0.15) is 10.6 Å². The Labute approximate surface area is 191 Å². The lowest BCUT2D eigenvalue weighted by molar-refractivity contribution is -0.157. The zero-order valence-electron chi connectivity index (χ0n) is 19.1. The summed E-state index contributed by atoms with van der Waals surface area (Å²) in [6.07, 6.45) is 0. The van der Waals surface area contributed by atoms with Crippen LogP contribution in [0, 0.1) is 0 Å². The number of benzene rings is 2. The van der Waals surface area contributed by atoms with E-state index in [0.717, 1.165) is 29.8 Å². The Morgan fingerprint density at radius 1 is 1.00 bits per heavy atom. The van der Waals surface area contributed by atoms with Crippen LogP contribution in [-0.2, 0) is 9.53 Å². The number of hydrogen-bond acceptors (Lipinski definition) is 5. The van der Waals surface area contributed by atoms with E-state index in [1.54, 1.807) is 0 Å². The fourth-order valence-electron chi connectivity index (χ4n) is 4.09. The molecule has 0 radical (unpaired) electrons. The minimum absolute atomic E-state index is 0.162. The summed E-state index contributed by atoms with van der Waals surface area (Å²) in [6, 6.07) is 17.1. The number of esters is 1. The average Bonchev–Trinajstić information content (AvgIpc) is 2.69. The highest BCUT2D eigenvalue weighted by Crippen LogP contribution is 2.27. The first kappa shape index (κ1) is 23.2. The topological polar surface area (TPSA) is 58.8 Å². The summed E-state index contributed by atoms with van der Waals surface area (Å²) in [7, 11) is 0. The fourth-order valence-corrected chi connectivity index (χ4v) is 4.23. The molecule has 0 aromatic heterocycles. The second-order valence-electron chi connectivity index (χ2n) is 9.35. The normalized spacial score (nSPS) is 19.8. The molecular weight excluding hydrogens is 406 g/mol. The lowest BCUT2D eigenvalue weighted by Crippen LogP contribution is -2.58. The highest BCUT2D eigenvalue weighted by molar-refractivity contribution is 7.80. The molecule has 0 spiro atoms. The van der Waals surface area contributed by atoms with Gasteiger partial charge in [-0.15, -0.1) is 0 Å². The van der Waals surface area contributed by atoms with Crippen molar-refractivity contribution in [3.63, 3.8) is 0 Å². The fraction of sp³-hybridized carbons (Fsp3) is 0.440. The molecule has 0 amide bonds. The van der Waals surface area contributed by atoms with Gasteiger partial charge in [-0.2, -0.15) is 0 Å². The molecule has 0 saturated carbocycles. The summed E-state index contributed by atoms with van der Waals surface area (Å²) in [6.45, 7) is 12.1. The summed E-state index contributed by atoms with van der Waals surface area (Å²) in [4.78, 5) is 17.3. The first-order valence-electron chi connectivity index (χ1n) is 10.8. The van der Waals surface area contributed by atoms with Crippen molar-refractivity contribution in [1.82, 2.24) is 4.90 Å². The number of piperazine rings is 1. The molecule has 6 heteroatoms. The van der Waals surface area contributed by atoms with Gasteiger partial charge in [0.15, 0.2) is 0 Å². The highest BCUT2D eigenvalue weighted by Gasteiger charge is 2.32. The zero-order chi connectivity index (χ0) is 22.8. The van der Waals surface area contributed by atoms with Gasteiger partial charge >= 0.3 is 5.97 Å². The van der Waals surface area contributed by atoms with Crippen molar-refractivity contribution >= 4 is 28.9 Å². The van der Waals surface area contributed by atoms with Crippen LogP contribution in [0.15, 0.2) is 48.5 Å². The maximum atomic E-state index is 12.3. The molecule has 1 heterocycles. The van der Waals surface area contributed by atoms with Crippen LogP contribution in [0.5, 0.6) is 0 Å². The monoisotopic (exact) mass is 439 g/mol. The van der Waals surface area contributed by atoms with Crippen LogP contribution < -0.4 is 10.6 Å². The van der Waals surface area contributed by atoms with Gasteiger partial charge in [-0.1, -0.05) is 48.6 Å². The molecule has 5 nitrogen and oxygen atoms in total. The Kier molecular flexibility index (Phi) is 7.02. The van der Waals surface area contributed by atoms with E-state index in [4.69, 9.17) is 22.7 Å². The minimum Gasteiger partial charge on any atom is -0.459 e. The van der Waals surface area contributed by atoms with Crippen LogP contribution in [0.1, 0.15) is 40.2 Å². The average molecular weight is 440 g/mol. The van der Waals surface area contributed by atoms with E-state index in [9.17, 15) is 4.79 Å². The number of thiocarbonyl (C=S) groups is 1. The molecule has 2 aromatic rings. The van der Waals surface area contributed by atoms with Crippen LogP contribution >= 0.6 is 12.2 Å². The molecule has 1 aliphatic rings. The Balaban J connectivity index is 1.65. The van der Waals surface area contributed by atoms with Crippen LogP contribution in [0.4, 0.5) is 5.69 Å². The molecule has 3 rings (SSSR count). The highest BCUT2D eigenvalue weighted by atomic mass is 32.1. The number of nitrogens with zero attached hydrogens (tertiary/aromatic N) is 2. The van der Waals surface area contributed by atoms with Gasteiger partial charge in [-0.25, -0.2) is 0 Å². The number of nitrogens with two attached hydrogens (primary N) is 1. The van der Waals surface area contributed by atoms with Crippen molar-refractivity contribution in [3.05, 3.63) is 54.1 Å². The zero-order valence-corrected chi connectivity index (χ0v) is 19.9. The van der Waals surface area contributed by atoms with E-state index >= 15 is 0 Å². The number of carbonyl (C=O) groups is 1. The third-order valence-corrected chi connectivity index (χ3v) is 5.80. The molecule has 2 unspecified atom stereocenters. The van der Waals surface area contributed by atoms with Gasteiger partial charge in [-0.05, 0) is 57.9 Å². The van der Waals surface area contributed by atoms with Crippen molar-refractivity contribution in [2.75, 3.05) is 24.5 Å². The first-order valence-corrected chi connectivity index (χ1v) is 11.2. The molecule has 166 valence electrons. The number of carbonyl (C=O) groups excluding carboxylic acids is 1. The summed E-state index contributed by atoms with van der Waals surface area (Å²) in [5.74, 6) is -0.162. The standard InChI is InChI=1S/C25H33N3O2S/c1-17-14-27(15-18(2)28(17)16-23(29)30-25(3,4)5)22-12-10-20(11-13-22)19-6-8-21(9-7-19)24(26)31/h6-13,17-18H,14-16H2,1-5H3,(H2,26,31). The van der Waals surface area contributed by atoms with Crippen LogP contribution in [0.25, 0.3) is 11.1 Å². The van der Waals surface area contributed by atoms with Gasteiger partial charge in [0.05, 0.1) is 6.54 Å². The Hall–Kier alpha value is -2.44. The van der Waals surface area contributed by atoms with E-state index in [1.165, 1.54) is 5.69 Å². The SMILES string of the molecule is CC1CN(c2ccc(-c3ccc(C(N)=S)cc3)cc2)CC(C)N1CC(=O)OC(C)(C)C. The lowest BCUT2D eigenvalue weighted by atomic mass is 10.0. The molecule has 0 aliphatic carbocycles. The molecule has 1 fully saturated rings. The van der Waals surface area contributed by atoms with E-state index in [0.29, 0.717) is 11.5 Å². The van der Waals surface area contributed by atoms with Crippen LogP contribution in [0.2, 0.25) is 0 Å². The van der Waals surface area contributed by atoms with Gasteiger partial charge in [0.25, 0.3) is 0 Å². The molecule has 0 bridgehead atoms. The Bertz CT molecular complexity index is 907. The number of hydrogen-bond donors (Lipinski definition) is 1. The largest absolute Gasteiger partial charge is 0.459 e. The number of ether oxygens (including phenoxy) is 1. The van der Waals surface area contributed by atoms with Gasteiger partial charge in [0, 0.05) is 36.4 Å². The summed E-state index contributed by atoms with van der Waals surface area (Å²) >= 11 is 5.03. The third-order valence-electron chi connectivity index (χ3n) is 5.57. The van der Waals surface area contributed by atoms with E-state index in [2.05, 4.69) is 47.9 Å². The molecule has 2 aromatic carbocycles. The van der Waals surface area contributed by atoms with Gasteiger partial charge in [-0.3, -0.25) is 9.69 Å². The van der Waals surface area contributed by atoms with Crippen molar-refractivity contribution in [2.45, 2.75) is 52.3 Å². The predicted octanol–water partition coefficient (Wildman–Crippen LogP) is 4.23. The van der Waals surface area contributed by atoms with Crippen LogP contribution in [0.3, 0.4) is 0 Å². The van der Waals surface area contributed by atoms with Gasteiger partial charge in [0.2, 0.25) is 0 Å². The maximum Gasteiger partial charge on any atom is 0.320 e. The van der Waals surface area contributed by atoms with E-state index < -0.39 is 5.60 Å². The molecule has 1 saturated heterocycles. The second-order valence-corrected chi connectivity index (χ2v) is 9.79. The molecule has 2 atom stereocenters. The lowest BCUT2D eigenvalue weighted by Gasteiger charge is -2.45.